The van der Waals surface area contributed by atoms with Crippen LogP contribution >= 0.6 is 11.8 Å². The average molecular weight is 277 g/mol. The second kappa shape index (κ2) is 6.38. The predicted octanol–water partition coefficient (Wildman–Crippen LogP) is 0.692. The van der Waals surface area contributed by atoms with Gasteiger partial charge >= 0.3 is 0 Å². The molecule has 5 nitrogen and oxygen atoms in total. The lowest BCUT2D eigenvalue weighted by Gasteiger charge is -2.17. The molecule has 19 heavy (non-hydrogen) atoms. The fourth-order valence-electron chi connectivity index (χ4n) is 1.78. The van der Waals surface area contributed by atoms with Gasteiger partial charge in [-0.15, -0.1) is 0 Å². The van der Waals surface area contributed by atoms with Gasteiger partial charge in [-0.2, -0.15) is 4.99 Å². The minimum atomic E-state index is -0.458. The Hall–Kier alpha value is -1.82. The molecule has 3 N–H and O–H groups in total. The second-order valence-electron chi connectivity index (χ2n) is 4.18. The number of nitrogens with one attached hydrogen (secondary N) is 1. The topological polar surface area (TPSA) is 84.5 Å². The van der Waals surface area contributed by atoms with Gasteiger partial charge in [-0.05, 0) is 12.0 Å². The number of aliphatic imine (C=N–C) groups is 1. The monoisotopic (exact) mass is 277 g/mol. The van der Waals surface area contributed by atoms with Gasteiger partial charge in [0.25, 0.3) is 0 Å². The summed E-state index contributed by atoms with van der Waals surface area (Å²) in [5, 5.41) is 2.53. The van der Waals surface area contributed by atoms with Crippen molar-refractivity contribution in [2.24, 2.45) is 10.7 Å². The quantitative estimate of drug-likeness (QED) is 0.848. The van der Waals surface area contributed by atoms with Gasteiger partial charge in [-0.25, -0.2) is 0 Å². The molecule has 100 valence electrons. The minimum Gasteiger partial charge on any atom is -0.378 e. The van der Waals surface area contributed by atoms with Gasteiger partial charge in [0.1, 0.15) is 0 Å². The lowest BCUT2D eigenvalue weighted by molar-refractivity contribution is -0.124. The van der Waals surface area contributed by atoms with Gasteiger partial charge < -0.3 is 11.1 Å². The van der Waals surface area contributed by atoms with Crippen molar-refractivity contribution in [3.05, 3.63) is 35.9 Å². The first-order valence-electron chi connectivity index (χ1n) is 6.00. The molecule has 0 spiro atoms. The number of carbonyl (C=O) groups excluding carboxylic acids is 2. The largest absolute Gasteiger partial charge is 0.378 e. The molecule has 1 aliphatic heterocycles. The van der Waals surface area contributed by atoms with Crippen LogP contribution in [0.15, 0.2) is 35.3 Å². The van der Waals surface area contributed by atoms with Crippen LogP contribution in [0.1, 0.15) is 12.0 Å². The van der Waals surface area contributed by atoms with Crippen LogP contribution in [0.5, 0.6) is 0 Å². The molecule has 0 aromatic heterocycles. The highest BCUT2D eigenvalue weighted by Gasteiger charge is 2.27. The fourth-order valence-corrected chi connectivity index (χ4v) is 2.64. The predicted molar refractivity (Wildman–Crippen MR) is 75.8 cm³/mol. The average Bonchev–Trinajstić information content (AvgIpc) is 2.38. The number of amides is 2. The molecule has 1 unspecified atom stereocenters. The molecule has 2 amide bonds. The first-order valence-corrected chi connectivity index (χ1v) is 6.88. The van der Waals surface area contributed by atoms with Crippen molar-refractivity contribution >= 4 is 28.7 Å². The zero-order chi connectivity index (χ0) is 13.7. The van der Waals surface area contributed by atoms with Crippen LogP contribution in [-0.2, 0) is 16.0 Å². The van der Waals surface area contributed by atoms with E-state index in [1.165, 1.54) is 0 Å². The van der Waals surface area contributed by atoms with Crippen LogP contribution in [0.4, 0.5) is 0 Å². The molecule has 1 aromatic carbocycles. The molecule has 0 saturated heterocycles. The molecular formula is C13H15N3O2S. The highest BCUT2D eigenvalue weighted by Crippen LogP contribution is 2.20. The summed E-state index contributed by atoms with van der Waals surface area (Å²) in [5.41, 5.74) is 6.65. The zero-order valence-electron chi connectivity index (χ0n) is 10.3. The smallest absolute Gasteiger partial charge is 0.249 e. The van der Waals surface area contributed by atoms with Gasteiger partial charge in [0.15, 0.2) is 5.17 Å². The van der Waals surface area contributed by atoms with Gasteiger partial charge in [-0.1, -0.05) is 42.1 Å². The van der Waals surface area contributed by atoms with E-state index in [2.05, 4.69) is 10.3 Å². The van der Waals surface area contributed by atoms with Crippen molar-refractivity contribution in [3.63, 3.8) is 0 Å². The molecule has 1 heterocycles. The number of amidine groups is 1. The molecule has 1 atom stereocenters. The van der Waals surface area contributed by atoms with Crippen LogP contribution in [0.3, 0.4) is 0 Å². The van der Waals surface area contributed by atoms with E-state index in [9.17, 15) is 9.59 Å². The molecule has 2 rings (SSSR count). The molecule has 1 aliphatic rings. The first-order chi connectivity index (χ1) is 9.15. The third-order valence-electron chi connectivity index (χ3n) is 2.71. The van der Waals surface area contributed by atoms with Crippen molar-refractivity contribution in [2.75, 3.05) is 6.54 Å². The minimum absolute atomic E-state index is 0.114. The third-order valence-corrected chi connectivity index (χ3v) is 3.70. The zero-order valence-corrected chi connectivity index (χ0v) is 11.2. The summed E-state index contributed by atoms with van der Waals surface area (Å²) in [5.74, 6) is -0.494. The Labute approximate surface area is 115 Å². The maximum Gasteiger partial charge on any atom is 0.249 e. The lowest BCUT2D eigenvalue weighted by Crippen LogP contribution is -2.38. The molecule has 0 saturated carbocycles. The molecule has 0 fully saturated rings. The number of rotatable bonds is 4. The van der Waals surface area contributed by atoms with Crippen LogP contribution in [0.2, 0.25) is 0 Å². The maximum absolute atomic E-state index is 11.9. The Morgan fingerprint density at radius 1 is 1.42 bits per heavy atom. The molecule has 0 aliphatic carbocycles. The van der Waals surface area contributed by atoms with Crippen LogP contribution in [0, 0.1) is 0 Å². The third kappa shape index (κ3) is 4.10. The summed E-state index contributed by atoms with van der Waals surface area (Å²) in [6.07, 6.45) is 0.879. The molecular weight excluding hydrogens is 262 g/mol. The first kappa shape index (κ1) is 13.6. The Balaban J connectivity index is 1.79. The van der Waals surface area contributed by atoms with Gasteiger partial charge in [0.2, 0.25) is 11.8 Å². The Kier molecular flexibility index (Phi) is 4.57. The molecule has 6 heteroatoms. The standard InChI is InChI=1S/C13H15N3O2S/c14-13-16-11(17)8-10(19-13)12(18)15-7-6-9-4-2-1-3-5-9/h1-5,10H,6-8H2,(H,15,18)(H2,14,16,17). The van der Waals surface area contributed by atoms with Crippen LogP contribution in [0.25, 0.3) is 0 Å². The van der Waals surface area contributed by atoms with E-state index in [4.69, 9.17) is 5.73 Å². The van der Waals surface area contributed by atoms with Crippen molar-refractivity contribution < 1.29 is 9.59 Å². The van der Waals surface area contributed by atoms with E-state index in [-0.39, 0.29) is 23.4 Å². The van der Waals surface area contributed by atoms with Crippen molar-refractivity contribution in [1.29, 1.82) is 0 Å². The molecule has 1 aromatic rings. The Morgan fingerprint density at radius 2 is 2.16 bits per heavy atom. The lowest BCUT2D eigenvalue weighted by atomic mass is 10.1. The summed E-state index contributed by atoms with van der Waals surface area (Å²) < 4.78 is 0. The highest BCUT2D eigenvalue weighted by atomic mass is 32.2. The number of benzene rings is 1. The number of carbonyl (C=O) groups is 2. The fraction of sp³-hybridized carbons (Fsp3) is 0.308. The van der Waals surface area contributed by atoms with E-state index >= 15 is 0 Å². The Morgan fingerprint density at radius 3 is 2.84 bits per heavy atom. The summed E-state index contributed by atoms with van der Waals surface area (Å²) in [7, 11) is 0. The van der Waals surface area contributed by atoms with E-state index in [1.807, 2.05) is 30.3 Å². The van der Waals surface area contributed by atoms with E-state index in [1.54, 1.807) is 0 Å². The summed E-state index contributed by atoms with van der Waals surface area (Å²) in [6, 6.07) is 9.90. The van der Waals surface area contributed by atoms with Crippen molar-refractivity contribution in [2.45, 2.75) is 18.1 Å². The van der Waals surface area contributed by atoms with Crippen LogP contribution < -0.4 is 11.1 Å². The maximum atomic E-state index is 11.9. The number of thioether (sulfide) groups is 1. The Bertz CT molecular complexity index is 502. The summed E-state index contributed by atoms with van der Waals surface area (Å²) in [6.45, 7) is 0.547. The summed E-state index contributed by atoms with van der Waals surface area (Å²) in [4.78, 5) is 26.7. The SMILES string of the molecule is NC1=NC(=O)CC(C(=O)NCCc2ccccc2)S1. The van der Waals surface area contributed by atoms with Crippen LogP contribution in [-0.4, -0.2) is 28.8 Å². The van der Waals surface area contributed by atoms with E-state index in [0.29, 0.717) is 6.54 Å². The molecule has 0 radical (unpaired) electrons. The van der Waals surface area contributed by atoms with Crippen molar-refractivity contribution in [1.82, 2.24) is 5.32 Å². The normalized spacial score (nSPS) is 18.8. The summed E-state index contributed by atoms with van der Waals surface area (Å²) >= 11 is 1.14. The van der Waals surface area contributed by atoms with Gasteiger partial charge in [-0.3, -0.25) is 9.59 Å². The number of hydrogen-bond acceptors (Lipinski definition) is 4. The number of nitrogens with zero attached hydrogens (tertiary/aromatic N) is 1. The van der Waals surface area contributed by atoms with E-state index in [0.717, 1.165) is 23.7 Å². The second-order valence-corrected chi connectivity index (χ2v) is 5.40. The highest BCUT2D eigenvalue weighted by molar-refractivity contribution is 8.15. The van der Waals surface area contributed by atoms with E-state index < -0.39 is 5.25 Å². The van der Waals surface area contributed by atoms with Gasteiger partial charge in [0.05, 0.1) is 11.7 Å². The van der Waals surface area contributed by atoms with Gasteiger partial charge in [0, 0.05) is 6.54 Å². The number of hydrogen-bond donors (Lipinski definition) is 2. The van der Waals surface area contributed by atoms with Crippen molar-refractivity contribution in [3.8, 4) is 0 Å². The molecule has 0 bridgehead atoms. The number of nitrogens with two attached hydrogens (primary N) is 1.